The molecular weight excluding hydrogens is 226 g/mol. The Hall–Kier alpha value is -1.00. The number of hydrogen-bond donors (Lipinski definition) is 1. The van der Waals surface area contributed by atoms with E-state index in [1.54, 1.807) is 7.11 Å². The summed E-state index contributed by atoms with van der Waals surface area (Å²) in [5.74, 6) is 0.913. The number of aromatic nitrogens is 2. The lowest BCUT2D eigenvalue weighted by Gasteiger charge is -2.34. The van der Waals surface area contributed by atoms with Gasteiger partial charge in [0.05, 0.1) is 0 Å². The molecule has 1 unspecified atom stereocenters. The van der Waals surface area contributed by atoms with E-state index in [1.165, 1.54) is 0 Å². The number of fused-ring (bicyclic) bond motifs is 1. The van der Waals surface area contributed by atoms with E-state index >= 15 is 0 Å². The largest absolute Gasteiger partial charge is 0.385 e. The Kier molecular flexibility index (Phi) is 3.97. The lowest BCUT2D eigenvalue weighted by Crippen LogP contribution is -2.31. The topological polar surface area (TPSA) is 61.0 Å². The first-order chi connectivity index (χ1) is 8.52. The standard InChI is InChI=1S/C14H23N3O/c1-14(2)7-11(15)10-9-16-13(5-4-6-18-3)17-12(10)8-14/h9,11H,4-8,15H2,1-3H3. The number of methoxy groups -OCH3 is 1. The van der Waals surface area contributed by atoms with Gasteiger partial charge in [-0.15, -0.1) is 0 Å². The molecule has 1 aromatic rings. The molecule has 0 bridgehead atoms. The molecular formula is C14H23N3O. The van der Waals surface area contributed by atoms with Crippen LogP contribution in [0.5, 0.6) is 0 Å². The van der Waals surface area contributed by atoms with Gasteiger partial charge < -0.3 is 10.5 Å². The molecule has 4 nitrogen and oxygen atoms in total. The van der Waals surface area contributed by atoms with Crippen LogP contribution in [0.2, 0.25) is 0 Å². The third-order valence-corrected chi connectivity index (χ3v) is 3.52. The molecule has 0 spiro atoms. The molecule has 0 saturated carbocycles. The number of hydrogen-bond acceptors (Lipinski definition) is 4. The van der Waals surface area contributed by atoms with E-state index in [0.717, 1.165) is 49.4 Å². The molecule has 1 aromatic heterocycles. The van der Waals surface area contributed by atoms with Crippen molar-refractivity contribution in [2.45, 2.75) is 45.6 Å². The molecule has 0 aliphatic heterocycles. The maximum Gasteiger partial charge on any atom is 0.128 e. The number of ether oxygens (including phenoxy) is 1. The summed E-state index contributed by atoms with van der Waals surface area (Å²) in [5, 5.41) is 0. The second-order valence-electron chi connectivity index (χ2n) is 5.94. The molecule has 0 radical (unpaired) electrons. The molecule has 1 aliphatic carbocycles. The van der Waals surface area contributed by atoms with Gasteiger partial charge in [0.25, 0.3) is 0 Å². The summed E-state index contributed by atoms with van der Waals surface area (Å²) in [6.07, 6.45) is 5.76. The molecule has 0 amide bonds. The maximum absolute atomic E-state index is 6.19. The summed E-state index contributed by atoms with van der Waals surface area (Å²) < 4.78 is 5.05. The molecule has 1 heterocycles. The fourth-order valence-corrected chi connectivity index (χ4v) is 2.64. The minimum Gasteiger partial charge on any atom is -0.385 e. The van der Waals surface area contributed by atoms with Crippen LogP contribution < -0.4 is 5.73 Å². The van der Waals surface area contributed by atoms with Crippen LogP contribution in [0.15, 0.2) is 6.20 Å². The molecule has 0 fully saturated rings. The van der Waals surface area contributed by atoms with Crippen molar-refractivity contribution in [1.29, 1.82) is 0 Å². The van der Waals surface area contributed by atoms with Gasteiger partial charge in [0.1, 0.15) is 5.82 Å². The Morgan fingerprint density at radius 1 is 1.50 bits per heavy atom. The Balaban J connectivity index is 2.15. The predicted molar refractivity (Wildman–Crippen MR) is 71.3 cm³/mol. The summed E-state index contributed by atoms with van der Waals surface area (Å²) in [5.41, 5.74) is 8.70. The Bertz CT molecular complexity index is 418. The smallest absolute Gasteiger partial charge is 0.128 e. The van der Waals surface area contributed by atoms with E-state index in [4.69, 9.17) is 10.5 Å². The highest BCUT2D eigenvalue weighted by Gasteiger charge is 2.31. The lowest BCUT2D eigenvalue weighted by atomic mass is 9.74. The van der Waals surface area contributed by atoms with Gasteiger partial charge in [-0.3, -0.25) is 0 Å². The lowest BCUT2D eigenvalue weighted by molar-refractivity contribution is 0.194. The molecule has 1 atom stereocenters. The van der Waals surface area contributed by atoms with Gasteiger partial charge in [0.2, 0.25) is 0 Å². The highest BCUT2D eigenvalue weighted by atomic mass is 16.5. The van der Waals surface area contributed by atoms with Crippen LogP contribution in [0.1, 0.15) is 49.8 Å². The van der Waals surface area contributed by atoms with E-state index in [1.807, 2.05) is 6.20 Å². The normalized spacial score (nSPS) is 21.7. The first-order valence-corrected chi connectivity index (χ1v) is 6.61. The van der Waals surface area contributed by atoms with Crippen LogP contribution in [0.4, 0.5) is 0 Å². The van der Waals surface area contributed by atoms with Crippen molar-refractivity contribution in [2.75, 3.05) is 13.7 Å². The van der Waals surface area contributed by atoms with Crippen LogP contribution in [0, 0.1) is 5.41 Å². The monoisotopic (exact) mass is 249 g/mol. The summed E-state index contributed by atoms with van der Waals surface area (Å²) in [6.45, 7) is 5.26. The van der Waals surface area contributed by atoms with E-state index in [2.05, 4.69) is 23.8 Å². The summed E-state index contributed by atoms with van der Waals surface area (Å²) >= 11 is 0. The van der Waals surface area contributed by atoms with Crippen molar-refractivity contribution in [2.24, 2.45) is 11.1 Å². The molecule has 2 rings (SSSR count). The summed E-state index contributed by atoms with van der Waals surface area (Å²) in [4.78, 5) is 9.10. The quantitative estimate of drug-likeness (QED) is 0.829. The maximum atomic E-state index is 6.19. The molecule has 18 heavy (non-hydrogen) atoms. The van der Waals surface area contributed by atoms with Gasteiger partial charge >= 0.3 is 0 Å². The van der Waals surface area contributed by atoms with E-state index in [-0.39, 0.29) is 11.5 Å². The van der Waals surface area contributed by atoms with Gasteiger partial charge in [-0.2, -0.15) is 0 Å². The molecule has 1 aliphatic rings. The van der Waals surface area contributed by atoms with Crippen LogP contribution in [-0.2, 0) is 17.6 Å². The molecule has 0 aromatic carbocycles. The zero-order chi connectivity index (χ0) is 13.2. The van der Waals surface area contributed by atoms with Gasteiger partial charge in [-0.25, -0.2) is 9.97 Å². The molecule has 2 N–H and O–H groups in total. The van der Waals surface area contributed by atoms with E-state index in [9.17, 15) is 0 Å². The number of nitrogens with two attached hydrogens (primary N) is 1. The zero-order valence-corrected chi connectivity index (χ0v) is 11.6. The van der Waals surface area contributed by atoms with Crippen molar-refractivity contribution in [3.8, 4) is 0 Å². The second-order valence-corrected chi connectivity index (χ2v) is 5.94. The first-order valence-electron chi connectivity index (χ1n) is 6.61. The number of aryl methyl sites for hydroxylation is 1. The van der Waals surface area contributed by atoms with Crippen molar-refractivity contribution >= 4 is 0 Å². The van der Waals surface area contributed by atoms with Gasteiger partial charge in [0.15, 0.2) is 0 Å². The Labute approximate surface area is 109 Å². The fourth-order valence-electron chi connectivity index (χ4n) is 2.64. The average Bonchev–Trinajstić information content (AvgIpc) is 2.27. The van der Waals surface area contributed by atoms with Crippen molar-refractivity contribution in [1.82, 2.24) is 9.97 Å². The van der Waals surface area contributed by atoms with Crippen molar-refractivity contribution in [3.05, 3.63) is 23.3 Å². The average molecular weight is 249 g/mol. The van der Waals surface area contributed by atoms with Gasteiger partial charge in [-0.1, -0.05) is 13.8 Å². The third kappa shape index (κ3) is 3.06. The third-order valence-electron chi connectivity index (χ3n) is 3.52. The Morgan fingerprint density at radius 3 is 3.00 bits per heavy atom. The summed E-state index contributed by atoms with van der Waals surface area (Å²) in [7, 11) is 1.72. The number of rotatable bonds is 4. The predicted octanol–water partition coefficient (Wildman–Crippen LogP) is 2.03. The minimum atomic E-state index is 0.0803. The highest BCUT2D eigenvalue weighted by molar-refractivity contribution is 5.26. The molecule has 100 valence electrons. The van der Waals surface area contributed by atoms with Gasteiger partial charge in [0, 0.05) is 43.6 Å². The van der Waals surface area contributed by atoms with E-state index in [0.29, 0.717) is 0 Å². The second kappa shape index (κ2) is 5.33. The number of nitrogens with zero attached hydrogens (tertiary/aromatic N) is 2. The molecule has 4 heteroatoms. The van der Waals surface area contributed by atoms with Crippen molar-refractivity contribution < 1.29 is 4.74 Å². The zero-order valence-electron chi connectivity index (χ0n) is 11.6. The van der Waals surface area contributed by atoms with Crippen LogP contribution in [-0.4, -0.2) is 23.7 Å². The fraction of sp³-hybridized carbons (Fsp3) is 0.714. The highest BCUT2D eigenvalue weighted by Crippen LogP contribution is 2.38. The van der Waals surface area contributed by atoms with Crippen LogP contribution in [0.3, 0.4) is 0 Å². The van der Waals surface area contributed by atoms with Crippen LogP contribution >= 0.6 is 0 Å². The molecule has 0 saturated heterocycles. The minimum absolute atomic E-state index is 0.0803. The van der Waals surface area contributed by atoms with Gasteiger partial charge in [-0.05, 0) is 24.7 Å². The van der Waals surface area contributed by atoms with Crippen LogP contribution in [0.25, 0.3) is 0 Å². The van der Waals surface area contributed by atoms with E-state index < -0.39 is 0 Å². The Morgan fingerprint density at radius 2 is 2.28 bits per heavy atom. The van der Waals surface area contributed by atoms with Crippen molar-refractivity contribution in [3.63, 3.8) is 0 Å². The first kappa shape index (κ1) is 13.4. The SMILES string of the molecule is COCCCc1ncc2c(n1)CC(C)(C)CC2N. The summed E-state index contributed by atoms with van der Waals surface area (Å²) in [6, 6.07) is 0.0803.